The maximum absolute atomic E-state index is 13.3. The smallest absolute Gasteiger partial charge is 0.142 e. The van der Waals surface area contributed by atoms with Gasteiger partial charge in [0, 0.05) is 13.7 Å². The van der Waals surface area contributed by atoms with Crippen LogP contribution in [0.2, 0.25) is 5.02 Å². The van der Waals surface area contributed by atoms with Gasteiger partial charge < -0.3 is 10.1 Å². The van der Waals surface area contributed by atoms with Gasteiger partial charge in [0.2, 0.25) is 0 Å². The summed E-state index contributed by atoms with van der Waals surface area (Å²) in [6.45, 7) is 4.57. The summed E-state index contributed by atoms with van der Waals surface area (Å²) >= 11 is 5.96. The Kier molecular flexibility index (Phi) is 7.25. The first-order valence-corrected chi connectivity index (χ1v) is 6.69. The van der Waals surface area contributed by atoms with Crippen LogP contribution in [0.4, 0.5) is 4.39 Å². The number of halogens is 2. The molecule has 4 heteroatoms. The van der Waals surface area contributed by atoms with Crippen LogP contribution >= 0.6 is 11.6 Å². The second-order valence-corrected chi connectivity index (χ2v) is 4.77. The molecule has 0 amide bonds. The molecule has 0 aromatic heterocycles. The van der Waals surface area contributed by atoms with Crippen LogP contribution in [0.25, 0.3) is 0 Å². The third-order valence-corrected chi connectivity index (χ3v) is 3.46. The highest BCUT2D eigenvalue weighted by Crippen LogP contribution is 2.23. The van der Waals surface area contributed by atoms with Gasteiger partial charge in [-0.1, -0.05) is 37.1 Å². The summed E-state index contributed by atoms with van der Waals surface area (Å²) in [6.07, 6.45) is 1.83. The molecular weight excluding hydrogens is 253 g/mol. The van der Waals surface area contributed by atoms with Gasteiger partial charge in [0.05, 0.1) is 11.6 Å². The highest BCUT2D eigenvalue weighted by Gasteiger charge is 2.11. The van der Waals surface area contributed by atoms with Crippen LogP contribution in [0.3, 0.4) is 0 Å². The molecule has 0 fully saturated rings. The van der Waals surface area contributed by atoms with E-state index in [0.717, 1.165) is 31.5 Å². The zero-order chi connectivity index (χ0) is 13.4. The van der Waals surface area contributed by atoms with E-state index in [1.807, 2.05) is 6.07 Å². The van der Waals surface area contributed by atoms with E-state index in [-0.39, 0.29) is 10.8 Å². The molecule has 0 radical (unpaired) electrons. The third-order valence-electron chi connectivity index (χ3n) is 3.03. The lowest BCUT2D eigenvalue weighted by Gasteiger charge is -2.16. The van der Waals surface area contributed by atoms with E-state index in [1.54, 1.807) is 13.2 Å². The molecule has 2 nitrogen and oxygen atoms in total. The number of benzene rings is 1. The predicted octanol–water partition coefficient (Wildman–Crippen LogP) is 3.28. The second-order valence-electron chi connectivity index (χ2n) is 4.39. The molecule has 0 bridgehead atoms. The Hall–Kier alpha value is -0.640. The van der Waals surface area contributed by atoms with Gasteiger partial charge in [0.25, 0.3) is 0 Å². The SMILES string of the molecule is CCC(CNCCOC)Cc1cccc(F)c1Cl. The Morgan fingerprint density at radius 2 is 2.22 bits per heavy atom. The summed E-state index contributed by atoms with van der Waals surface area (Å²) in [6, 6.07) is 4.99. The quantitative estimate of drug-likeness (QED) is 0.734. The fourth-order valence-corrected chi connectivity index (χ4v) is 2.06. The largest absolute Gasteiger partial charge is 0.383 e. The van der Waals surface area contributed by atoms with E-state index in [2.05, 4.69) is 12.2 Å². The van der Waals surface area contributed by atoms with E-state index in [4.69, 9.17) is 16.3 Å². The summed E-state index contributed by atoms with van der Waals surface area (Å²) in [5, 5.41) is 3.59. The van der Waals surface area contributed by atoms with Crippen molar-refractivity contribution in [2.24, 2.45) is 5.92 Å². The average Bonchev–Trinajstić information content (AvgIpc) is 2.38. The molecule has 0 aliphatic rings. The summed E-state index contributed by atoms with van der Waals surface area (Å²) in [5.74, 6) is 0.123. The molecule has 0 aliphatic carbocycles. The first-order chi connectivity index (χ1) is 8.69. The van der Waals surface area contributed by atoms with Gasteiger partial charge in [0.15, 0.2) is 0 Å². The molecule has 1 aromatic rings. The van der Waals surface area contributed by atoms with Crippen LogP contribution in [0.5, 0.6) is 0 Å². The zero-order valence-electron chi connectivity index (χ0n) is 11.0. The molecule has 1 rings (SSSR count). The van der Waals surface area contributed by atoms with Gasteiger partial charge in [-0.15, -0.1) is 0 Å². The van der Waals surface area contributed by atoms with E-state index in [0.29, 0.717) is 12.5 Å². The summed E-state index contributed by atoms with van der Waals surface area (Å²) < 4.78 is 18.3. The Morgan fingerprint density at radius 3 is 2.89 bits per heavy atom. The van der Waals surface area contributed by atoms with E-state index in [1.165, 1.54) is 6.07 Å². The van der Waals surface area contributed by atoms with Crippen LogP contribution in [-0.4, -0.2) is 26.8 Å². The van der Waals surface area contributed by atoms with Crippen molar-refractivity contribution in [2.45, 2.75) is 19.8 Å². The predicted molar refractivity (Wildman–Crippen MR) is 73.6 cm³/mol. The first-order valence-electron chi connectivity index (χ1n) is 6.31. The Bertz CT molecular complexity index is 360. The Balaban J connectivity index is 2.49. The minimum absolute atomic E-state index is 0.257. The number of methoxy groups -OCH3 is 1. The van der Waals surface area contributed by atoms with E-state index >= 15 is 0 Å². The lowest BCUT2D eigenvalue weighted by molar-refractivity contribution is 0.197. The molecule has 0 saturated carbocycles. The van der Waals surface area contributed by atoms with Crippen LogP contribution in [-0.2, 0) is 11.2 Å². The fourth-order valence-electron chi connectivity index (χ4n) is 1.86. The van der Waals surface area contributed by atoms with Gasteiger partial charge in [0.1, 0.15) is 5.82 Å². The fraction of sp³-hybridized carbons (Fsp3) is 0.571. The number of rotatable bonds is 8. The van der Waals surface area contributed by atoms with Crippen molar-refractivity contribution in [1.82, 2.24) is 5.32 Å². The topological polar surface area (TPSA) is 21.3 Å². The van der Waals surface area contributed by atoms with Gasteiger partial charge in [-0.3, -0.25) is 0 Å². The monoisotopic (exact) mass is 273 g/mol. The van der Waals surface area contributed by atoms with Crippen molar-refractivity contribution in [2.75, 3.05) is 26.8 Å². The van der Waals surface area contributed by atoms with Crippen molar-refractivity contribution in [3.63, 3.8) is 0 Å². The summed E-state index contributed by atoms with van der Waals surface area (Å²) in [4.78, 5) is 0. The first kappa shape index (κ1) is 15.4. The number of hydrogen-bond acceptors (Lipinski definition) is 2. The molecule has 0 aliphatic heterocycles. The van der Waals surface area contributed by atoms with E-state index in [9.17, 15) is 4.39 Å². The molecule has 0 saturated heterocycles. The highest BCUT2D eigenvalue weighted by atomic mass is 35.5. The van der Waals surface area contributed by atoms with Crippen LogP contribution in [0.1, 0.15) is 18.9 Å². The van der Waals surface area contributed by atoms with Crippen molar-refractivity contribution in [3.05, 3.63) is 34.6 Å². The lowest BCUT2D eigenvalue weighted by Crippen LogP contribution is -2.27. The molecular formula is C14H21ClFNO. The van der Waals surface area contributed by atoms with E-state index < -0.39 is 0 Å². The number of ether oxygens (including phenoxy) is 1. The second kappa shape index (κ2) is 8.46. The molecule has 0 spiro atoms. The van der Waals surface area contributed by atoms with Crippen LogP contribution in [0, 0.1) is 11.7 Å². The minimum Gasteiger partial charge on any atom is -0.383 e. The summed E-state index contributed by atoms with van der Waals surface area (Å²) in [5.41, 5.74) is 0.886. The molecule has 18 heavy (non-hydrogen) atoms. The minimum atomic E-state index is -0.337. The van der Waals surface area contributed by atoms with Gasteiger partial charge in [-0.05, 0) is 30.5 Å². The molecule has 1 unspecified atom stereocenters. The summed E-state index contributed by atoms with van der Waals surface area (Å²) in [7, 11) is 1.69. The van der Waals surface area contributed by atoms with Crippen molar-refractivity contribution >= 4 is 11.6 Å². The Labute approximate surface area is 113 Å². The molecule has 1 N–H and O–H groups in total. The molecule has 0 heterocycles. The van der Waals surface area contributed by atoms with Crippen LogP contribution in [0.15, 0.2) is 18.2 Å². The van der Waals surface area contributed by atoms with Crippen molar-refractivity contribution < 1.29 is 9.13 Å². The lowest BCUT2D eigenvalue weighted by atomic mass is 9.96. The van der Waals surface area contributed by atoms with Crippen molar-refractivity contribution in [1.29, 1.82) is 0 Å². The highest BCUT2D eigenvalue weighted by molar-refractivity contribution is 6.31. The van der Waals surface area contributed by atoms with Gasteiger partial charge in [-0.25, -0.2) is 4.39 Å². The molecule has 102 valence electrons. The van der Waals surface area contributed by atoms with Crippen LogP contribution < -0.4 is 5.32 Å². The standard InChI is InChI=1S/C14H21ClFNO/c1-3-11(10-17-7-8-18-2)9-12-5-4-6-13(16)14(12)15/h4-6,11,17H,3,7-10H2,1-2H3. The molecule has 1 aromatic carbocycles. The Morgan fingerprint density at radius 1 is 1.44 bits per heavy atom. The molecule has 1 atom stereocenters. The number of hydrogen-bond donors (Lipinski definition) is 1. The maximum atomic E-state index is 13.3. The third kappa shape index (κ3) is 4.92. The van der Waals surface area contributed by atoms with Gasteiger partial charge >= 0.3 is 0 Å². The van der Waals surface area contributed by atoms with Gasteiger partial charge in [-0.2, -0.15) is 0 Å². The number of nitrogens with one attached hydrogen (secondary N) is 1. The maximum Gasteiger partial charge on any atom is 0.142 e. The normalized spacial score (nSPS) is 12.7. The average molecular weight is 274 g/mol. The van der Waals surface area contributed by atoms with Crippen molar-refractivity contribution in [3.8, 4) is 0 Å². The zero-order valence-corrected chi connectivity index (χ0v) is 11.8.